The molecule has 43 heavy (non-hydrogen) atoms. The summed E-state index contributed by atoms with van der Waals surface area (Å²) in [5.74, 6) is -1.64. The van der Waals surface area contributed by atoms with Crippen molar-refractivity contribution in [1.82, 2.24) is 0 Å². The number of anilines is 2. The standard InChI is InChI=1S/C32H25N3O8/c1-2-41-25-17-13-22(14-18-25)33-30(36)27-28(20-11-15-26(16-12-20)42-32(38)21-7-4-3-5-8-21)34(43-29(27)31(33)37)23-9-6-10-24(19-23)35(39)40/h3-19,27-29H,2H2,1H3/t27-,28+,29-/m1/s1. The largest absolute Gasteiger partial charge is 0.494 e. The third-order valence-corrected chi connectivity index (χ3v) is 7.26. The van der Waals surface area contributed by atoms with Gasteiger partial charge in [-0.25, -0.2) is 14.8 Å². The Hall–Kier alpha value is -5.55. The van der Waals surface area contributed by atoms with Crippen molar-refractivity contribution in [1.29, 1.82) is 0 Å². The zero-order valence-corrected chi connectivity index (χ0v) is 22.9. The molecule has 0 spiro atoms. The predicted octanol–water partition coefficient (Wildman–Crippen LogP) is 5.26. The number of nitro groups is 1. The number of imide groups is 1. The van der Waals surface area contributed by atoms with Crippen molar-refractivity contribution in [3.8, 4) is 11.5 Å². The quantitative estimate of drug-likeness (QED) is 0.0902. The van der Waals surface area contributed by atoms with Crippen LogP contribution in [0, 0.1) is 16.0 Å². The molecule has 11 heteroatoms. The predicted molar refractivity (Wildman–Crippen MR) is 155 cm³/mol. The topological polar surface area (TPSA) is 129 Å². The van der Waals surface area contributed by atoms with Crippen molar-refractivity contribution in [3.63, 3.8) is 0 Å². The van der Waals surface area contributed by atoms with Gasteiger partial charge in [0.2, 0.25) is 5.91 Å². The lowest BCUT2D eigenvalue weighted by Gasteiger charge is -2.28. The first kappa shape index (κ1) is 27.6. The van der Waals surface area contributed by atoms with Crippen LogP contribution in [0.2, 0.25) is 0 Å². The van der Waals surface area contributed by atoms with Crippen molar-refractivity contribution in [2.24, 2.45) is 5.92 Å². The van der Waals surface area contributed by atoms with Crippen LogP contribution in [0.15, 0.2) is 103 Å². The van der Waals surface area contributed by atoms with Gasteiger partial charge in [-0.3, -0.25) is 24.5 Å². The van der Waals surface area contributed by atoms with Crippen molar-refractivity contribution >= 4 is 34.8 Å². The van der Waals surface area contributed by atoms with Crippen LogP contribution in [-0.2, 0) is 14.4 Å². The van der Waals surface area contributed by atoms with E-state index in [4.69, 9.17) is 14.3 Å². The fraction of sp³-hybridized carbons (Fsp3) is 0.156. The molecule has 2 amide bonds. The van der Waals surface area contributed by atoms with E-state index in [0.29, 0.717) is 34.9 Å². The highest BCUT2D eigenvalue weighted by atomic mass is 16.7. The van der Waals surface area contributed by atoms with Gasteiger partial charge in [-0.2, -0.15) is 0 Å². The van der Waals surface area contributed by atoms with Crippen molar-refractivity contribution in [2.45, 2.75) is 19.1 Å². The Bertz CT molecular complexity index is 1690. The van der Waals surface area contributed by atoms with E-state index in [9.17, 15) is 24.5 Å². The Morgan fingerprint density at radius 3 is 2.23 bits per heavy atom. The lowest BCUT2D eigenvalue weighted by atomic mass is 9.90. The third-order valence-electron chi connectivity index (χ3n) is 7.26. The van der Waals surface area contributed by atoms with E-state index in [1.165, 1.54) is 23.3 Å². The molecule has 0 aromatic heterocycles. The number of non-ortho nitro benzene ring substituents is 1. The summed E-state index contributed by atoms with van der Waals surface area (Å²) in [5, 5.41) is 12.9. The number of amides is 2. The fourth-order valence-corrected chi connectivity index (χ4v) is 5.31. The summed E-state index contributed by atoms with van der Waals surface area (Å²) in [5.41, 5.74) is 1.48. The number of carbonyl (C=O) groups is 3. The number of esters is 1. The van der Waals surface area contributed by atoms with E-state index in [-0.39, 0.29) is 11.4 Å². The molecule has 0 aliphatic carbocycles. The number of carbonyl (C=O) groups excluding carboxylic acids is 3. The maximum atomic E-state index is 13.9. The van der Waals surface area contributed by atoms with E-state index < -0.39 is 40.8 Å². The summed E-state index contributed by atoms with van der Waals surface area (Å²) >= 11 is 0. The lowest BCUT2D eigenvalue weighted by molar-refractivity contribution is -0.384. The number of ether oxygens (including phenoxy) is 2. The number of hydrogen-bond donors (Lipinski definition) is 0. The minimum Gasteiger partial charge on any atom is -0.494 e. The minimum absolute atomic E-state index is 0.172. The van der Waals surface area contributed by atoms with Crippen LogP contribution in [0.1, 0.15) is 28.9 Å². The summed E-state index contributed by atoms with van der Waals surface area (Å²) < 4.78 is 11.0. The Balaban J connectivity index is 1.34. The Labute approximate surface area is 245 Å². The number of hydrogen-bond acceptors (Lipinski definition) is 9. The van der Waals surface area contributed by atoms with E-state index in [0.717, 1.165) is 4.90 Å². The highest BCUT2D eigenvalue weighted by Crippen LogP contribution is 2.48. The second-order valence-corrected chi connectivity index (χ2v) is 9.86. The van der Waals surface area contributed by atoms with Gasteiger partial charge < -0.3 is 9.47 Å². The summed E-state index contributed by atoms with van der Waals surface area (Å²) in [6, 6.07) is 26.6. The number of fused-ring (bicyclic) bond motifs is 1. The van der Waals surface area contributed by atoms with Crippen molar-refractivity contribution in [3.05, 3.63) is 124 Å². The lowest BCUT2D eigenvalue weighted by Crippen LogP contribution is -2.37. The molecule has 11 nitrogen and oxygen atoms in total. The van der Waals surface area contributed by atoms with Crippen LogP contribution in [0.25, 0.3) is 0 Å². The first-order chi connectivity index (χ1) is 20.9. The van der Waals surface area contributed by atoms with Crippen LogP contribution in [0.3, 0.4) is 0 Å². The first-order valence-corrected chi connectivity index (χ1v) is 13.5. The summed E-state index contributed by atoms with van der Waals surface area (Å²) in [7, 11) is 0. The van der Waals surface area contributed by atoms with Gasteiger partial charge in [0.05, 0.1) is 34.5 Å². The van der Waals surface area contributed by atoms with Crippen LogP contribution in [-0.4, -0.2) is 35.4 Å². The Kier molecular flexibility index (Phi) is 7.31. The van der Waals surface area contributed by atoms with Crippen LogP contribution in [0.4, 0.5) is 17.1 Å². The van der Waals surface area contributed by atoms with Crippen molar-refractivity contribution < 1.29 is 33.6 Å². The Morgan fingerprint density at radius 1 is 0.860 bits per heavy atom. The maximum absolute atomic E-state index is 13.9. The van der Waals surface area contributed by atoms with E-state index in [1.54, 1.807) is 84.9 Å². The Morgan fingerprint density at radius 2 is 1.56 bits per heavy atom. The molecule has 6 rings (SSSR count). The van der Waals surface area contributed by atoms with Crippen LogP contribution < -0.4 is 19.4 Å². The molecular weight excluding hydrogens is 554 g/mol. The monoisotopic (exact) mass is 579 g/mol. The average Bonchev–Trinajstić information content (AvgIpc) is 3.54. The molecule has 4 aromatic rings. The third kappa shape index (κ3) is 5.17. The minimum atomic E-state index is -1.17. The van der Waals surface area contributed by atoms with Gasteiger partial charge in [0, 0.05) is 12.1 Å². The molecule has 0 saturated carbocycles. The molecule has 4 aromatic carbocycles. The van der Waals surface area contributed by atoms with Gasteiger partial charge >= 0.3 is 5.97 Å². The average molecular weight is 580 g/mol. The van der Waals surface area contributed by atoms with Crippen LogP contribution in [0.5, 0.6) is 11.5 Å². The SMILES string of the molecule is CCOc1ccc(N2C(=O)[C@H]3[C@@H](ON(c4cccc([N+](=O)[O-])c4)[C@H]3c3ccc(OC(=O)c4ccccc4)cc3)C2=O)cc1. The summed E-state index contributed by atoms with van der Waals surface area (Å²) in [6.07, 6.45) is -1.17. The first-order valence-electron chi connectivity index (χ1n) is 13.5. The van der Waals surface area contributed by atoms with Gasteiger partial charge in [-0.05, 0) is 67.1 Å². The van der Waals surface area contributed by atoms with Crippen molar-refractivity contribution in [2.75, 3.05) is 16.6 Å². The molecule has 2 aliphatic rings. The second-order valence-electron chi connectivity index (χ2n) is 9.86. The van der Waals surface area contributed by atoms with Gasteiger partial charge in [0.25, 0.3) is 11.6 Å². The maximum Gasteiger partial charge on any atom is 0.343 e. The molecule has 0 radical (unpaired) electrons. The molecule has 3 atom stereocenters. The number of benzene rings is 4. The molecule has 2 saturated heterocycles. The zero-order valence-electron chi connectivity index (χ0n) is 22.9. The summed E-state index contributed by atoms with van der Waals surface area (Å²) in [4.78, 5) is 58.2. The van der Waals surface area contributed by atoms with Gasteiger partial charge in [0.15, 0.2) is 6.10 Å². The fourth-order valence-electron chi connectivity index (χ4n) is 5.31. The molecule has 2 heterocycles. The molecule has 216 valence electrons. The number of nitrogens with zero attached hydrogens (tertiary/aromatic N) is 3. The van der Waals surface area contributed by atoms with Crippen LogP contribution >= 0.6 is 0 Å². The highest BCUT2D eigenvalue weighted by molar-refractivity contribution is 6.24. The number of rotatable bonds is 8. The normalized spacial score (nSPS) is 19.3. The van der Waals surface area contributed by atoms with E-state index in [1.807, 2.05) is 6.92 Å². The number of nitro benzene ring substituents is 1. The summed E-state index contributed by atoms with van der Waals surface area (Å²) in [6.45, 7) is 2.32. The highest BCUT2D eigenvalue weighted by Gasteiger charge is 2.60. The molecule has 2 aliphatic heterocycles. The van der Waals surface area contributed by atoms with Gasteiger partial charge in [-0.15, -0.1) is 0 Å². The van der Waals surface area contributed by atoms with Gasteiger partial charge in [0.1, 0.15) is 17.4 Å². The zero-order chi connectivity index (χ0) is 30.1. The van der Waals surface area contributed by atoms with E-state index >= 15 is 0 Å². The number of hydroxylamine groups is 1. The molecular formula is C32H25N3O8. The molecule has 2 fully saturated rings. The molecule has 0 bridgehead atoms. The molecule has 0 N–H and O–H groups in total. The molecule has 0 unspecified atom stereocenters. The second kappa shape index (κ2) is 11.4. The van der Waals surface area contributed by atoms with E-state index in [2.05, 4.69) is 0 Å². The smallest absolute Gasteiger partial charge is 0.343 e. The van der Waals surface area contributed by atoms with Gasteiger partial charge in [-0.1, -0.05) is 36.4 Å².